The number of aryl methyl sites for hydroxylation is 1. The number of para-hydroxylation sites is 1. The Morgan fingerprint density at radius 1 is 1.07 bits per heavy atom. The Bertz CT molecular complexity index is 1010. The standard InChI is InChI=1S/C24H25FN2O2S/c1-18-6-2-5-9-22(18)29-16-19-14-23(30-17-19)24(28)27-12-10-26(11-13-27)15-20-7-3-4-8-21(20)25/h2-9,14,17H,10-13,15-16H2,1H3. The average molecular weight is 425 g/mol. The van der Waals surface area contributed by atoms with Gasteiger partial charge >= 0.3 is 0 Å². The molecular formula is C24H25FN2O2S. The Balaban J connectivity index is 1.29. The van der Waals surface area contributed by atoms with E-state index in [0.29, 0.717) is 31.8 Å². The summed E-state index contributed by atoms with van der Waals surface area (Å²) in [5, 5.41) is 1.99. The number of amides is 1. The van der Waals surface area contributed by atoms with Gasteiger partial charge in [-0.25, -0.2) is 4.39 Å². The first-order valence-corrected chi connectivity index (χ1v) is 11.0. The fourth-order valence-corrected chi connectivity index (χ4v) is 4.44. The maximum atomic E-state index is 13.9. The van der Waals surface area contributed by atoms with Crippen LogP contribution in [0, 0.1) is 12.7 Å². The first-order chi connectivity index (χ1) is 14.6. The molecule has 0 bridgehead atoms. The predicted octanol–water partition coefficient (Wildman–Crippen LogP) is 4.73. The van der Waals surface area contributed by atoms with Crippen LogP contribution < -0.4 is 4.74 Å². The molecule has 0 N–H and O–H groups in total. The summed E-state index contributed by atoms with van der Waals surface area (Å²) in [5.41, 5.74) is 2.80. The van der Waals surface area contributed by atoms with Gasteiger partial charge in [-0.1, -0.05) is 36.4 Å². The molecule has 1 fully saturated rings. The number of carbonyl (C=O) groups is 1. The molecule has 0 aliphatic carbocycles. The van der Waals surface area contributed by atoms with Gasteiger partial charge in [-0.3, -0.25) is 9.69 Å². The zero-order valence-electron chi connectivity index (χ0n) is 17.0. The van der Waals surface area contributed by atoms with Gasteiger partial charge in [0, 0.05) is 43.9 Å². The van der Waals surface area contributed by atoms with Gasteiger partial charge < -0.3 is 9.64 Å². The predicted molar refractivity (Wildman–Crippen MR) is 117 cm³/mol. The van der Waals surface area contributed by atoms with Crippen LogP contribution in [-0.4, -0.2) is 41.9 Å². The van der Waals surface area contributed by atoms with Crippen molar-refractivity contribution in [1.82, 2.24) is 9.80 Å². The molecule has 1 aliphatic rings. The topological polar surface area (TPSA) is 32.8 Å². The summed E-state index contributed by atoms with van der Waals surface area (Å²) in [6, 6.07) is 16.7. The SMILES string of the molecule is Cc1ccccc1OCc1csc(C(=O)N2CCN(Cc3ccccc3F)CC2)c1. The molecule has 0 saturated carbocycles. The van der Waals surface area contributed by atoms with E-state index in [9.17, 15) is 9.18 Å². The van der Waals surface area contributed by atoms with E-state index in [0.717, 1.165) is 34.8 Å². The van der Waals surface area contributed by atoms with Gasteiger partial charge in [0.25, 0.3) is 5.91 Å². The van der Waals surface area contributed by atoms with Crippen molar-refractivity contribution >= 4 is 17.2 Å². The molecule has 1 aliphatic heterocycles. The van der Waals surface area contributed by atoms with Gasteiger partial charge in [-0.15, -0.1) is 11.3 Å². The van der Waals surface area contributed by atoms with Crippen molar-refractivity contribution in [3.05, 3.63) is 87.4 Å². The lowest BCUT2D eigenvalue weighted by Crippen LogP contribution is -2.48. The Hall–Kier alpha value is -2.70. The Kier molecular flexibility index (Phi) is 6.45. The van der Waals surface area contributed by atoms with E-state index in [1.165, 1.54) is 17.4 Å². The van der Waals surface area contributed by atoms with E-state index >= 15 is 0 Å². The first kappa shape index (κ1) is 20.6. The highest BCUT2D eigenvalue weighted by molar-refractivity contribution is 7.12. The molecule has 3 aromatic rings. The quantitative estimate of drug-likeness (QED) is 0.573. The molecule has 4 nitrogen and oxygen atoms in total. The summed E-state index contributed by atoms with van der Waals surface area (Å²) in [5.74, 6) is 0.755. The molecular weight excluding hydrogens is 399 g/mol. The Morgan fingerprint density at radius 2 is 1.80 bits per heavy atom. The van der Waals surface area contributed by atoms with Crippen LogP contribution in [-0.2, 0) is 13.2 Å². The number of hydrogen-bond acceptors (Lipinski definition) is 4. The van der Waals surface area contributed by atoms with Gasteiger partial charge in [0.2, 0.25) is 0 Å². The minimum atomic E-state index is -0.171. The van der Waals surface area contributed by atoms with E-state index in [1.807, 2.05) is 59.7 Å². The molecule has 1 amide bonds. The number of thiophene rings is 1. The number of benzene rings is 2. The largest absolute Gasteiger partial charge is 0.489 e. The van der Waals surface area contributed by atoms with Crippen LogP contribution in [0.25, 0.3) is 0 Å². The fraction of sp³-hybridized carbons (Fsp3) is 0.292. The van der Waals surface area contributed by atoms with Crippen LogP contribution in [0.3, 0.4) is 0 Å². The highest BCUT2D eigenvalue weighted by Gasteiger charge is 2.23. The number of carbonyl (C=O) groups excluding carboxylic acids is 1. The van der Waals surface area contributed by atoms with Crippen LogP contribution in [0.15, 0.2) is 60.0 Å². The molecule has 156 valence electrons. The molecule has 1 aromatic heterocycles. The van der Waals surface area contributed by atoms with Crippen LogP contribution in [0.5, 0.6) is 5.75 Å². The van der Waals surface area contributed by atoms with E-state index in [2.05, 4.69) is 4.90 Å². The smallest absolute Gasteiger partial charge is 0.264 e. The molecule has 2 aromatic carbocycles. The maximum absolute atomic E-state index is 13.9. The first-order valence-electron chi connectivity index (χ1n) is 10.1. The lowest BCUT2D eigenvalue weighted by Gasteiger charge is -2.34. The Labute approximate surface area is 180 Å². The summed E-state index contributed by atoms with van der Waals surface area (Å²) in [6.07, 6.45) is 0. The summed E-state index contributed by atoms with van der Waals surface area (Å²) in [4.78, 5) is 17.7. The summed E-state index contributed by atoms with van der Waals surface area (Å²) >= 11 is 1.46. The lowest BCUT2D eigenvalue weighted by molar-refractivity contribution is 0.0631. The third-order valence-corrected chi connectivity index (χ3v) is 6.33. The van der Waals surface area contributed by atoms with E-state index in [-0.39, 0.29) is 11.7 Å². The minimum Gasteiger partial charge on any atom is -0.489 e. The highest BCUT2D eigenvalue weighted by Crippen LogP contribution is 2.22. The molecule has 6 heteroatoms. The maximum Gasteiger partial charge on any atom is 0.264 e. The number of hydrogen-bond donors (Lipinski definition) is 0. The third-order valence-electron chi connectivity index (χ3n) is 5.36. The molecule has 1 saturated heterocycles. The molecule has 30 heavy (non-hydrogen) atoms. The van der Waals surface area contributed by atoms with Crippen LogP contribution >= 0.6 is 11.3 Å². The van der Waals surface area contributed by atoms with Crippen molar-refractivity contribution in [3.63, 3.8) is 0 Å². The second-order valence-corrected chi connectivity index (χ2v) is 8.44. The normalized spacial score (nSPS) is 14.7. The molecule has 0 spiro atoms. The summed E-state index contributed by atoms with van der Waals surface area (Å²) in [6.45, 7) is 5.84. The Morgan fingerprint density at radius 3 is 2.57 bits per heavy atom. The number of piperazine rings is 1. The van der Waals surface area contributed by atoms with Crippen LogP contribution in [0.1, 0.15) is 26.4 Å². The second-order valence-electron chi connectivity index (χ2n) is 7.53. The number of nitrogens with zero attached hydrogens (tertiary/aromatic N) is 2. The van der Waals surface area contributed by atoms with Crippen molar-refractivity contribution in [2.45, 2.75) is 20.1 Å². The zero-order chi connectivity index (χ0) is 20.9. The van der Waals surface area contributed by atoms with Crippen molar-refractivity contribution in [2.24, 2.45) is 0 Å². The van der Waals surface area contributed by atoms with Crippen molar-refractivity contribution in [3.8, 4) is 5.75 Å². The van der Waals surface area contributed by atoms with E-state index in [1.54, 1.807) is 6.07 Å². The van der Waals surface area contributed by atoms with E-state index in [4.69, 9.17) is 4.74 Å². The summed E-state index contributed by atoms with van der Waals surface area (Å²) in [7, 11) is 0. The average Bonchev–Trinajstić information content (AvgIpc) is 3.24. The molecule has 0 radical (unpaired) electrons. The molecule has 0 atom stereocenters. The van der Waals surface area contributed by atoms with Crippen molar-refractivity contribution < 1.29 is 13.9 Å². The van der Waals surface area contributed by atoms with Gasteiger partial charge in [0.15, 0.2) is 0 Å². The van der Waals surface area contributed by atoms with Gasteiger partial charge in [-0.2, -0.15) is 0 Å². The number of halogens is 1. The minimum absolute atomic E-state index is 0.0627. The van der Waals surface area contributed by atoms with Crippen molar-refractivity contribution in [2.75, 3.05) is 26.2 Å². The molecule has 0 unspecified atom stereocenters. The van der Waals surface area contributed by atoms with Crippen LogP contribution in [0.4, 0.5) is 4.39 Å². The molecule has 4 rings (SSSR count). The van der Waals surface area contributed by atoms with Gasteiger partial charge in [0.1, 0.15) is 18.2 Å². The van der Waals surface area contributed by atoms with Gasteiger partial charge in [0.05, 0.1) is 4.88 Å². The van der Waals surface area contributed by atoms with Crippen LogP contribution in [0.2, 0.25) is 0 Å². The second kappa shape index (κ2) is 9.41. The lowest BCUT2D eigenvalue weighted by atomic mass is 10.2. The van der Waals surface area contributed by atoms with E-state index < -0.39 is 0 Å². The highest BCUT2D eigenvalue weighted by atomic mass is 32.1. The third kappa shape index (κ3) is 4.89. The fourth-order valence-electron chi connectivity index (χ4n) is 3.58. The van der Waals surface area contributed by atoms with Crippen molar-refractivity contribution in [1.29, 1.82) is 0 Å². The molecule has 2 heterocycles. The van der Waals surface area contributed by atoms with Gasteiger partial charge in [-0.05, 0) is 36.1 Å². The summed E-state index contributed by atoms with van der Waals surface area (Å²) < 4.78 is 19.8. The number of rotatable bonds is 6. The monoisotopic (exact) mass is 424 g/mol. The zero-order valence-corrected chi connectivity index (χ0v) is 17.8. The number of ether oxygens (including phenoxy) is 1.